The second-order valence-corrected chi connectivity index (χ2v) is 10.2. The summed E-state index contributed by atoms with van der Waals surface area (Å²) in [5.74, 6) is -0.0852. The second kappa shape index (κ2) is 11.1. The number of carbonyl (C=O) groups is 2. The third kappa shape index (κ3) is 6.14. The predicted molar refractivity (Wildman–Crippen MR) is 136 cm³/mol. The van der Waals surface area contributed by atoms with Crippen molar-refractivity contribution in [1.29, 1.82) is 0 Å². The van der Waals surface area contributed by atoms with E-state index in [1.807, 2.05) is 36.4 Å². The summed E-state index contributed by atoms with van der Waals surface area (Å²) in [5, 5.41) is 0.107. The van der Waals surface area contributed by atoms with Crippen LogP contribution in [-0.4, -0.2) is 28.2 Å². The summed E-state index contributed by atoms with van der Waals surface area (Å²) in [4.78, 5) is 27.3. The minimum Gasteiger partial charge on any atom is -0.457 e. The van der Waals surface area contributed by atoms with Crippen LogP contribution in [0.15, 0.2) is 72.9 Å². The van der Waals surface area contributed by atoms with E-state index in [-0.39, 0.29) is 40.9 Å². The molecule has 1 aliphatic carbocycles. The number of ether oxygens (including phenoxy) is 1. The number of hydrogen-bond donors (Lipinski definition) is 0. The lowest BCUT2D eigenvalue weighted by Crippen LogP contribution is -2.44. The van der Waals surface area contributed by atoms with E-state index in [9.17, 15) is 9.59 Å². The Hall–Kier alpha value is -2.40. The number of rotatable bonds is 8. The van der Waals surface area contributed by atoms with E-state index in [0.29, 0.717) is 5.92 Å². The third-order valence-corrected chi connectivity index (χ3v) is 7.40. The van der Waals surface area contributed by atoms with Crippen molar-refractivity contribution >= 4 is 27.8 Å². The molecule has 0 heterocycles. The monoisotopic (exact) mass is 511 g/mol. The van der Waals surface area contributed by atoms with Crippen molar-refractivity contribution in [3.63, 3.8) is 0 Å². The van der Waals surface area contributed by atoms with Gasteiger partial charge in [-0.05, 0) is 35.3 Å². The summed E-state index contributed by atoms with van der Waals surface area (Å²) in [6.07, 6.45) is 2.68. The van der Waals surface area contributed by atoms with Crippen LogP contribution in [0.5, 0.6) is 0 Å². The minimum absolute atomic E-state index is 0.0813. The van der Waals surface area contributed by atoms with Crippen LogP contribution in [0, 0.1) is 11.8 Å². The molecular weight excluding hydrogens is 478 g/mol. The first-order valence-electron chi connectivity index (χ1n) is 11.6. The summed E-state index contributed by atoms with van der Waals surface area (Å²) in [6.45, 7) is 10.9. The summed E-state index contributed by atoms with van der Waals surface area (Å²) in [6, 6.07) is 20.0. The van der Waals surface area contributed by atoms with Gasteiger partial charge in [0.2, 0.25) is 5.91 Å². The number of carbonyl (C=O) groups excluding carboxylic acids is 2. The van der Waals surface area contributed by atoms with Crippen molar-refractivity contribution in [1.82, 2.24) is 4.90 Å². The molecular formula is C28H34BrNO3. The Balaban J connectivity index is 1.79. The number of esters is 1. The number of benzene rings is 2. The Morgan fingerprint density at radius 3 is 2.27 bits per heavy atom. The average molecular weight is 512 g/mol. The van der Waals surface area contributed by atoms with Gasteiger partial charge >= 0.3 is 5.97 Å². The molecule has 3 atom stereocenters. The molecule has 0 aromatic heterocycles. The largest absolute Gasteiger partial charge is 0.457 e. The zero-order valence-electron chi connectivity index (χ0n) is 19.8. The highest BCUT2D eigenvalue weighted by atomic mass is 79.9. The Kier molecular flexibility index (Phi) is 8.52. The van der Waals surface area contributed by atoms with Crippen LogP contribution in [0.3, 0.4) is 0 Å². The lowest BCUT2D eigenvalue weighted by atomic mass is 9.64. The Morgan fingerprint density at radius 2 is 1.67 bits per heavy atom. The molecule has 5 heteroatoms. The smallest absolute Gasteiger partial charge is 0.354 e. The van der Waals surface area contributed by atoms with Gasteiger partial charge in [-0.2, -0.15) is 0 Å². The number of halogens is 1. The van der Waals surface area contributed by atoms with Crippen molar-refractivity contribution < 1.29 is 14.3 Å². The zero-order chi connectivity index (χ0) is 24.0. The maximum atomic E-state index is 13.2. The van der Waals surface area contributed by atoms with Gasteiger partial charge in [-0.1, -0.05) is 110 Å². The van der Waals surface area contributed by atoms with E-state index in [1.54, 1.807) is 0 Å². The van der Waals surface area contributed by atoms with Crippen LogP contribution in [0.4, 0.5) is 0 Å². The Labute approximate surface area is 206 Å². The van der Waals surface area contributed by atoms with E-state index in [4.69, 9.17) is 4.74 Å². The lowest BCUT2D eigenvalue weighted by molar-refractivity contribution is -0.155. The van der Waals surface area contributed by atoms with Gasteiger partial charge in [0.15, 0.2) is 0 Å². The number of hydrogen-bond acceptors (Lipinski definition) is 3. The molecule has 0 unspecified atom stereocenters. The van der Waals surface area contributed by atoms with Crippen LogP contribution in [0.25, 0.3) is 0 Å². The van der Waals surface area contributed by atoms with Gasteiger partial charge in [0.25, 0.3) is 0 Å². The molecule has 176 valence electrons. The molecule has 3 rings (SSSR count). The first kappa shape index (κ1) is 25.2. The minimum atomic E-state index is -0.520. The van der Waals surface area contributed by atoms with E-state index < -0.39 is 5.97 Å². The van der Waals surface area contributed by atoms with Gasteiger partial charge in [0.1, 0.15) is 11.8 Å². The topological polar surface area (TPSA) is 46.6 Å². The number of amides is 1. The lowest BCUT2D eigenvalue weighted by Gasteiger charge is -2.44. The molecule has 0 aliphatic heterocycles. The molecule has 1 saturated carbocycles. The molecule has 0 radical (unpaired) electrons. The van der Waals surface area contributed by atoms with Crippen LogP contribution in [0.2, 0.25) is 0 Å². The fourth-order valence-corrected chi connectivity index (χ4v) is 5.16. The average Bonchev–Trinajstić information content (AvgIpc) is 2.82. The highest BCUT2D eigenvalue weighted by molar-refractivity contribution is 9.09. The number of alkyl halides is 1. The second-order valence-electron chi connectivity index (χ2n) is 9.60. The van der Waals surface area contributed by atoms with Gasteiger partial charge in [0.05, 0.1) is 11.9 Å². The predicted octanol–water partition coefficient (Wildman–Crippen LogP) is 6.25. The van der Waals surface area contributed by atoms with Crippen LogP contribution < -0.4 is 0 Å². The molecule has 0 spiro atoms. The highest BCUT2D eigenvalue weighted by Gasteiger charge is 2.42. The molecule has 0 saturated heterocycles. The summed E-state index contributed by atoms with van der Waals surface area (Å²) < 4.78 is 6.11. The summed E-state index contributed by atoms with van der Waals surface area (Å²) in [5.41, 5.74) is 2.10. The SMILES string of the molecule is C=C(C(=O)O[C@@H]1C[C@H](C)CC[C@H]1C(C)(C)c1ccccc1)N(Cc1ccccc1)C(=O)CBr. The molecule has 1 amide bonds. The van der Waals surface area contributed by atoms with Crippen LogP contribution in [0.1, 0.15) is 51.2 Å². The molecule has 4 nitrogen and oxygen atoms in total. The van der Waals surface area contributed by atoms with Gasteiger partial charge < -0.3 is 9.64 Å². The fraction of sp³-hybridized carbons (Fsp3) is 0.429. The first-order valence-corrected chi connectivity index (χ1v) is 12.7. The maximum Gasteiger partial charge on any atom is 0.354 e. The fourth-order valence-electron chi connectivity index (χ4n) is 4.85. The zero-order valence-corrected chi connectivity index (χ0v) is 21.4. The third-order valence-electron chi connectivity index (χ3n) is 6.92. The van der Waals surface area contributed by atoms with Crippen molar-refractivity contribution in [2.24, 2.45) is 11.8 Å². The van der Waals surface area contributed by atoms with E-state index in [1.165, 1.54) is 10.5 Å². The maximum absolute atomic E-state index is 13.2. The highest BCUT2D eigenvalue weighted by Crippen LogP contribution is 2.43. The van der Waals surface area contributed by atoms with E-state index >= 15 is 0 Å². The Morgan fingerprint density at radius 1 is 1.06 bits per heavy atom. The molecule has 0 N–H and O–H groups in total. The molecule has 1 aliphatic rings. The van der Waals surface area contributed by atoms with E-state index in [0.717, 1.165) is 24.8 Å². The summed E-state index contributed by atoms with van der Waals surface area (Å²) in [7, 11) is 0. The quantitative estimate of drug-likeness (QED) is 0.239. The normalized spacial score (nSPS) is 20.7. The van der Waals surface area contributed by atoms with Crippen molar-refractivity contribution in [2.45, 2.75) is 58.1 Å². The standard InChI is InChI=1S/C28H34BrNO3/c1-20-15-16-24(28(3,4)23-13-9-6-10-14-23)25(17-20)33-27(32)21(2)30(26(31)18-29)19-22-11-7-5-8-12-22/h5-14,20,24-25H,2,15-19H2,1,3-4H3/t20-,24-,25-/m1/s1. The Bertz CT molecular complexity index is 958. The van der Waals surface area contributed by atoms with Crippen molar-refractivity contribution in [3.8, 4) is 0 Å². The van der Waals surface area contributed by atoms with Gasteiger partial charge in [0, 0.05) is 5.92 Å². The molecule has 1 fully saturated rings. The van der Waals surface area contributed by atoms with Gasteiger partial charge in [-0.25, -0.2) is 4.79 Å². The molecule has 0 bridgehead atoms. The first-order chi connectivity index (χ1) is 15.7. The molecule has 2 aromatic rings. The van der Waals surface area contributed by atoms with Crippen LogP contribution in [-0.2, 0) is 26.3 Å². The van der Waals surface area contributed by atoms with Gasteiger partial charge in [-0.15, -0.1) is 0 Å². The molecule has 2 aromatic carbocycles. The summed E-state index contributed by atoms with van der Waals surface area (Å²) >= 11 is 3.23. The molecule has 33 heavy (non-hydrogen) atoms. The number of nitrogens with zero attached hydrogens (tertiary/aromatic N) is 1. The van der Waals surface area contributed by atoms with Crippen LogP contribution >= 0.6 is 15.9 Å². The van der Waals surface area contributed by atoms with Crippen molar-refractivity contribution in [3.05, 3.63) is 84.1 Å². The van der Waals surface area contributed by atoms with Gasteiger partial charge in [-0.3, -0.25) is 4.79 Å². The van der Waals surface area contributed by atoms with Crippen molar-refractivity contribution in [2.75, 3.05) is 5.33 Å². The van der Waals surface area contributed by atoms with E-state index in [2.05, 4.69) is 67.5 Å².